The van der Waals surface area contributed by atoms with Crippen molar-refractivity contribution in [2.24, 2.45) is 0 Å². The van der Waals surface area contributed by atoms with Crippen molar-refractivity contribution in [1.29, 1.82) is 0 Å². The zero-order chi connectivity index (χ0) is 20.4. The summed E-state index contributed by atoms with van der Waals surface area (Å²) in [6, 6.07) is 9.50. The molecule has 0 aliphatic rings. The number of hydrogen-bond acceptors (Lipinski definition) is 5. The molecule has 148 valence electrons. The zero-order valence-corrected chi connectivity index (χ0v) is 16.7. The van der Waals surface area contributed by atoms with Crippen molar-refractivity contribution in [3.05, 3.63) is 76.7 Å². The number of benzene rings is 1. The van der Waals surface area contributed by atoms with Crippen LogP contribution in [0.5, 0.6) is 0 Å². The van der Waals surface area contributed by atoms with E-state index in [2.05, 4.69) is 20.3 Å². The highest BCUT2D eigenvalue weighted by molar-refractivity contribution is 5.56. The van der Waals surface area contributed by atoms with Gasteiger partial charge in [-0.3, -0.25) is 14.2 Å². The molecule has 4 rings (SSSR count). The van der Waals surface area contributed by atoms with Crippen LogP contribution < -0.4 is 5.43 Å². The second kappa shape index (κ2) is 7.83. The summed E-state index contributed by atoms with van der Waals surface area (Å²) in [4.78, 5) is 16.9. The normalized spacial score (nSPS) is 12.2. The minimum Gasteiger partial charge on any atom is -0.288 e. The molecule has 0 bridgehead atoms. The number of hydrogen-bond donors (Lipinski definition) is 0. The largest absolute Gasteiger partial charge is 0.288 e. The van der Waals surface area contributed by atoms with Crippen LogP contribution in [0.15, 0.2) is 60.0 Å². The fourth-order valence-electron chi connectivity index (χ4n) is 3.19. The Morgan fingerprint density at radius 2 is 1.90 bits per heavy atom. The Morgan fingerprint density at radius 1 is 1.07 bits per heavy atom. The van der Waals surface area contributed by atoms with E-state index in [1.807, 2.05) is 55.9 Å². The molecule has 0 radical (unpaired) electrons. The molecule has 3 heterocycles. The first-order valence-corrected chi connectivity index (χ1v) is 9.71. The summed E-state index contributed by atoms with van der Waals surface area (Å²) in [6.45, 7) is 7.58. The van der Waals surface area contributed by atoms with E-state index in [4.69, 9.17) is 0 Å². The molecule has 4 aromatic rings. The Morgan fingerprint density at radius 3 is 2.62 bits per heavy atom. The van der Waals surface area contributed by atoms with Crippen molar-refractivity contribution in [1.82, 2.24) is 34.3 Å². The monoisotopic (exact) mass is 389 g/mol. The Hall–Kier alpha value is -3.55. The van der Waals surface area contributed by atoms with Gasteiger partial charge in [-0.2, -0.15) is 15.3 Å². The molecule has 3 aromatic heterocycles. The van der Waals surface area contributed by atoms with Crippen LogP contribution in [0.25, 0.3) is 17.1 Å². The van der Waals surface area contributed by atoms with Crippen LogP contribution in [-0.2, 0) is 13.1 Å². The van der Waals surface area contributed by atoms with E-state index in [1.165, 1.54) is 0 Å². The van der Waals surface area contributed by atoms with E-state index in [0.29, 0.717) is 11.5 Å². The van der Waals surface area contributed by atoms with Gasteiger partial charge in [0.25, 0.3) is 0 Å². The van der Waals surface area contributed by atoms with Crippen molar-refractivity contribution in [3.8, 4) is 17.1 Å². The van der Waals surface area contributed by atoms with Crippen LogP contribution in [0.4, 0.5) is 0 Å². The highest BCUT2D eigenvalue weighted by atomic mass is 16.1. The van der Waals surface area contributed by atoms with Crippen LogP contribution in [0.3, 0.4) is 0 Å². The van der Waals surface area contributed by atoms with Gasteiger partial charge in [0.15, 0.2) is 5.82 Å². The molecule has 0 saturated heterocycles. The van der Waals surface area contributed by atoms with E-state index >= 15 is 0 Å². The Labute approximate surface area is 168 Å². The lowest BCUT2D eigenvalue weighted by Gasteiger charge is -2.13. The third-order valence-corrected chi connectivity index (χ3v) is 4.96. The molecular weight excluding hydrogens is 366 g/mol. The third-order valence-electron chi connectivity index (χ3n) is 4.96. The lowest BCUT2D eigenvalue weighted by atomic mass is 9.95. The summed E-state index contributed by atoms with van der Waals surface area (Å²) in [5, 5.41) is 13.4. The molecule has 0 aliphatic carbocycles. The van der Waals surface area contributed by atoms with Crippen molar-refractivity contribution in [2.45, 2.75) is 39.8 Å². The van der Waals surface area contributed by atoms with Crippen molar-refractivity contribution in [2.75, 3.05) is 0 Å². The first kappa shape index (κ1) is 18.8. The number of rotatable bonds is 6. The van der Waals surface area contributed by atoms with E-state index in [1.54, 1.807) is 34.2 Å². The Kier molecular flexibility index (Phi) is 5.07. The maximum absolute atomic E-state index is 12.6. The van der Waals surface area contributed by atoms with E-state index in [-0.39, 0.29) is 11.3 Å². The van der Waals surface area contributed by atoms with Gasteiger partial charge in [0.1, 0.15) is 17.7 Å². The molecule has 0 spiro atoms. The van der Waals surface area contributed by atoms with Crippen LogP contribution >= 0.6 is 0 Å². The topological polar surface area (TPSA) is 83.4 Å². The van der Waals surface area contributed by atoms with Crippen LogP contribution in [-0.4, -0.2) is 34.3 Å². The number of aryl methyl sites for hydroxylation is 2. The summed E-state index contributed by atoms with van der Waals surface area (Å²) in [5.74, 6) is 0.496. The molecule has 0 fully saturated rings. The lowest BCUT2D eigenvalue weighted by molar-refractivity contribution is 0.658. The smallest absolute Gasteiger partial charge is 0.203 e. The van der Waals surface area contributed by atoms with Crippen LogP contribution in [0, 0.1) is 0 Å². The molecule has 0 N–H and O–H groups in total. The summed E-state index contributed by atoms with van der Waals surface area (Å²) < 4.78 is 5.31. The maximum atomic E-state index is 12.6. The second-order valence-electron chi connectivity index (χ2n) is 6.84. The highest BCUT2D eigenvalue weighted by Gasteiger charge is 2.16. The molecule has 8 nitrogen and oxygen atoms in total. The van der Waals surface area contributed by atoms with Crippen LogP contribution in [0.2, 0.25) is 0 Å². The Bertz CT molecular complexity index is 1190. The average molecular weight is 389 g/mol. The molecular formula is C21H23N7O. The predicted octanol–water partition coefficient (Wildman–Crippen LogP) is 2.88. The highest BCUT2D eigenvalue weighted by Crippen LogP contribution is 2.24. The molecule has 29 heavy (non-hydrogen) atoms. The summed E-state index contributed by atoms with van der Waals surface area (Å²) in [7, 11) is 0. The fraction of sp³-hybridized carbons (Fsp3) is 0.286. The number of nitrogens with zero attached hydrogens (tertiary/aromatic N) is 7. The van der Waals surface area contributed by atoms with Gasteiger partial charge in [0.05, 0.1) is 12.4 Å². The van der Waals surface area contributed by atoms with Gasteiger partial charge in [-0.1, -0.05) is 25.1 Å². The van der Waals surface area contributed by atoms with Crippen molar-refractivity contribution in [3.63, 3.8) is 0 Å². The minimum atomic E-state index is -0.176. The molecule has 1 aromatic carbocycles. The molecule has 1 unspecified atom stereocenters. The van der Waals surface area contributed by atoms with Gasteiger partial charge in [-0.15, -0.1) is 0 Å². The third kappa shape index (κ3) is 3.73. The second-order valence-corrected chi connectivity index (χ2v) is 6.84. The van der Waals surface area contributed by atoms with Gasteiger partial charge < -0.3 is 0 Å². The van der Waals surface area contributed by atoms with E-state index < -0.39 is 0 Å². The first-order chi connectivity index (χ1) is 14.1. The predicted molar refractivity (Wildman–Crippen MR) is 110 cm³/mol. The van der Waals surface area contributed by atoms with E-state index in [0.717, 1.165) is 29.9 Å². The molecule has 1 atom stereocenters. The molecule has 8 heteroatoms. The first-order valence-electron chi connectivity index (χ1n) is 9.71. The van der Waals surface area contributed by atoms with Crippen LogP contribution in [0.1, 0.15) is 37.9 Å². The summed E-state index contributed by atoms with van der Waals surface area (Å²) in [5.41, 5.74) is 3.13. The Balaban J connectivity index is 1.69. The molecule has 0 amide bonds. The van der Waals surface area contributed by atoms with Gasteiger partial charge in [0, 0.05) is 36.8 Å². The molecule has 0 aliphatic heterocycles. The molecule has 0 saturated carbocycles. The van der Waals surface area contributed by atoms with Gasteiger partial charge in [-0.25, -0.2) is 9.67 Å². The summed E-state index contributed by atoms with van der Waals surface area (Å²) >= 11 is 0. The lowest BCUT2D eigenvalue weighted by Crippen LogP contribution is -2.18. The standard InChI is InChI=1S/C21H23N7O/c1-4-26-13-18(12-23-26)28-10-9-19(29)20(24-28)15(3)16-7-6-8-17(11-16)21-22-14-27(5-2)25-21/h6-15H,4-5H2,1-3H3. The minimum absolute atomic E-state index is 0.0876. The average Bonchev–Trinajstić information content (AvgIpc) is 3.43. The van der Waals surface area contributed by atoms with Gasteiger partial charge in [-0.05, 0) is 25.5 Å². The van der Waals surface area contributed by atoms with Crippen molar-refractivity contribution >= 4 is 0 Å². The maximum Gasteiger partial charge on any atom is 0.203 e. The number of aromatic nitrogens is 7. The fourth-order valence-corrected chi connectivity index (χ4v) is 3.19. The van der Waals surface area contributed by atoms with Gasteiger partial charge in [0.2, 0.25) is 5.43 Å². The zero-order valence-electron chi connectivity index (χ0n) is 16.7. The van der Waals surface area contributed by atoms with Crippen molar-refractivity contribution < 1.29 is 0 Å². The quantitative estimate of drug-likeness (QED) is 0.506. The summed E-state index contributed by atoms with van der Waals surface area (Å²) in [6.07, 6.45) is 7.04. The van der Waals surface area contributed by atoms with E-state index in [9.17, 15) is 4.79 Å². The van der Waals surface area contributed by atoms with Gasteiger partial charge >= 0.3 is 0 Å². The SMILES string of the molecule is CCn1cc(-n2ccc(=O)c(C(C)c3cccc(-c4ncn(CC)n4)c3)n2)cn1.